The summed E-state index contributed by atoms with van der Waals surface area (Å²) in [6, 6.07) is 3.95. The molecule has 0 aliphatic carbocycles. The molecule has 8 nitrogen and oxygen atoms in total. The summed E-state index contributed by atoms with van der Waals surface area (Å²) in [6.45, 7) is 15.3. The molecule has 3 rings (SSSR count). The number of carbonyl (C=O) groups excluding carboxylic acids is 1. The summed E-state index contributed by atoms with van der Waals surface area (Å²) in [6.07, 6.45) is 0.647. The Labute approximate surface area is 197 Å². The first-order valence-electron chi connectivity index (χ1n) is 11.5. The number of aromatic nitrogens is 2. The van der Waals surface area contributed by atoms with Gasteiger partial charge in [0.2, 0.25) is 21.8 Å². The monoisotopic (exact) mass is 476 g/mol. The fourth-order valence-electron chi connectivity index (χ4n) is 4.07. The maximum absolute atomic E-state index is 13.4. The highest BCUT2D eigenvalue weighted by molar-refractivity contribution is 7.89. The summed E-state index contributed by atoms with van der Waals surface area (Å²) >= 11 is 0. The van der Waals surface area contributed by atoms with E-state index in [1.54, 1.807) is 4.90 Å². The standard InChI is InChI=1S/C24H36N4O4S/c1-16(2)23-25-20(32-26-23)8-9-21(29)27-10-12-28(13-11-27)33(30,31)22-17(3)14-19(15-18(22)4)24(5,6)7/h14-16H,8-13H2,1-7H3. The first-order chi connectivity index (χ1) is 15.3. The highest BCUT2D eigenvalue weighted by Gasteiger charge is 2.32. The Hall–Kier alpha value is -2.26. The zero-order valence-electron chi connectivity index (χ0n) is 20.8. The van der Waals surface area contributed by atoms with E-state index in [2.05, 4.69) is 30.9 Å². The maximum Gasteiger partial charge on any atom is 0.243 e. The van der Waals surface area contributed by atoms with Gasteiger partial charge in [0.05, 0.1) is 4.90 Å². The van der Waals surface area contributed by atoms with E-state index >= 15 is 0 Å². The number of sulfonamides is 1. The van der Waals surface area contributed by atoms with Crippen LogP contribution in [-0.4, -0.2) is 59.8 Å². The molecule has 182 valence electrons. The summed E-state index contributed by atoms with van der Waals surface area (Å²) < 4.78 is 33.6. The fourth-order valence-corrected chi connectivity index (χ4v) is 5.91. The Morgan fingerprint density at radius 1 is 1.09 bits per heavy atom. The van der Waals surface area contributed by atoms with E-state index in [1.165, 1.54) is 4.31 Å². The van der Waals surface area contributed by atoms with E-state index in [0.29, 0.717) is 36.1 Å². The average Bonchev–Trinajstić information content (AvgIpc) is 3.20. The van der Waals surface area contributed by atoms with Gasteiger partial charge in [0.1, 0.15) is 0 Å². The first kappa shape index (κ1) is 25.4. The van der Waals surface area contributed by atoms with Gasteiger partial charge in [0, 0.05) is 44.9 Å². The molecule has 1 aliphatic heterocycles. The number of carbonyl (C=O) groups is 1. The summed E-state index contributed by atoms with van der Waals surface area (Å²) in [5.41, 5.74) is 2.59. The minimum Gasteiger partial charge on any atom is -0.340 e. The minimum absolute atomic E-state index is 0.0294. The molecule has 0 spiro atoms. The van der Waals surface area contributed by atoms with Crippen molar-refractivity contribution in [2.24, 2.45) is 0 Å². The van der Waals surface area contributed by atoms with Crippen molar-refractivity contribution in [2.75, 3.05) is 26.2 Å². The fraction of sp³-hybridized carbons (Fsp3) is 0.625. The molecule has 2 heterocycles. The van der Waals surface area contributed by atoms with E-state index in [1.807, 2.05) is 39.8 Å². The van der Waals surface area contributed by atoms with Crippen LogP contribution < -0.4 is 0 Å². The molecule has 33 heavy (non-hydrogen) atoms. The van der Waals surface area contributed by atoms with Crippen LogP contribution in [0.1, 0.15) is 75.4 Å². The van der Waals surface area contributed by atoms with Crippen molar-refractivity contribution in [1.29, 1.82) is 0 Å². The quantitative estimate of drug-likeness (QED) is 0.632. The van der Waals surface area contributed by atoms with Crippen molar-refractivity contribution in [3.63, 3.8) is 0 Å². The molecule has 1 aromatic heterocycles. The highest BCUT2D eigenvalue weighted by atomic mass is 32.2. The zero-order chi connectivity index (χ0) is 24.6. The molecule has 0 atom stereocenters. The van der Waals surface area contributed by atoms with E-state index < -0.39 is 10.0 Å². The molecule has 0 unspecified atom stereocenters. The predicted octanol–water partition coefficient (Wildman–Crippen LogP) is 3.57. The molecule has 1 aromatic carbocycles. The van der Waals surface area contributed by atoms with Crippen LogP contribution in [0.5, 0.6) is 0 Å². The Kier molecular flexibility index (Phi) is 7.33. The van der Waals surface area contributed by atoms with Crippen molar-refractivity contribution in [2.45, 2.75) is 77.5 Å². The average molecular weight is 477 g/mol. The molecule has 1 saturated heterocycles. The smallest absolute Gasteiger partial charge is 0.243 e. The third-order valence-electron chi connectivity index (χ3n) is 6.07. The van der Waals surface area contributed by atoms with Crippen molar-refractivity contribution in [3.8, 4) is 0 Å². The number of benzene rings is 1. The molecule has 0 radical (unpaired) electrons. The van der Waals surface area contributed by atoms with Gasteiger partial charge >= 0.3 is 0 Å². The summed E-state index contributed by atoms with van der Waals surface area (Å²) in [5.74, 6) is 1.23. The molecule has 0 bridgehead atoms. The third kappa shape index (κ3) is 5.63. The lowest BCUT2D eigenvalue weighted by Gasteiger charge is -2.34. The highest BCUT2D eigenvalue weighted by Crippen LogP contribution is 2.31. The molecule has 1 aliphatic rings. The molecule has 1 amide bonds. The normalized spacial score (nSPS) is 15.9. The second-order valence-electron chi connectivity index (χ2n) is 10.2. The number of piperazine rings is 1. The van der Waals surface area contributed by atoms with Crippen LogP contribution in [-0.2, 0) is 26.7 Å². The van der Waals surface area contributed by atoms with Gasteiger partial charge in [-0.15, -0.1) is 0 Å². The van der Waals surface area contributed by atoms with Crippen LogP contribution in [0.2, 0.25) is 0 Å². The molecule has 0 N–H and O–H groups in total. The molecule has 1 fully saturated rings. The van der Waals surface area contributed by atoms with Crippen molar-refractivity contribution in [3.05, 3.63) is 40.5 Å². The van der Waals surface area contributed by atoms with E-state index in [9.17, 15) is 13.2 Å². The topological polar surface area (TPSA) is 96.6 Å². The van der Waals surface area contributed by atoms with E-state index in [-0.39, 0.29) is 36.8 Å². The second kappa shape index (κ2) is 9.54. The second-order valence-corrected chi connectivity index (χ2v) is 12.0. The number of rotatable bonds is 6. The maximum atomic E-state index is 13.4. The zero-order valence-corrected chi connectivity index (χ0v) is 21.6. The lowest BCUT2D eigenvalue weighted by atomic mass is 9.85. The minimum atomic E-state index is -3.63. The van der Waals surface area contributed by atoms with Crippen LogP contribution in [0.3, 0.4) is 0 Å². The van der Waals surface area contributed by atoms with Gasteiger partial charge < -0.3 is 9.42 Å². The van der Waals surface area contributed by atoms with Crippen molar-refractivity contribution >= 4 is 15.9 Å². The summed E-state index contributed by atoms with van der Waals surface area (Å²) in [7, 11) is -3.63. The van der Waals surface area contributed by atoms with Gasteiger partial charge in [-0.1, -0.05) is 51.9 Å². The van der Waals surface area contributed by atoms with Crippen LogP contribution in [0.15, 0.2) is 21.6 Å². The molecule has 2 aromatic rings. The summed E-state index contributed by atoms with van der Waals surface area (Å²) in [4.78, 5) is 19.1. The Morgan fingerprint density at radius 3 is 2.15 bits per heavy atom. The SMILES string of the molecule is Cc1cc(C(C)(C)C)cc(C)c1S(=O)(=O)N1CCN(C(=O)CCc2nc(C(C)C)no2)CC1. The Bertz CT molecular complexity index is 1080. The number of hydrogen-bond donors (Lipinski definition) is 0. The lowest BCUT2D eigenvalue weighted by Crippen LogP contribution is -2.50. The first-order valence-corrected chi connectivity index (χ1v) is 13.0. The van der Waals surface area contributed by atoms with Gasteiger partial charge in [-0.3, -0.25) is 4.79 Å². The van der Waals surface area contributed by atoms with Crippen LogP contribution in [0, 0.1) is 13.8 Å². The van der Waals surface area contributed by atoms with Gasteiger partial charge in [-0.05, 0) is 36.0 Å². The van der Waals surface area contributed by atoms with Gasteiger partial charge in [0.15, 0.2) is 5.82 Å². The van der Waals surface area contributed by atoms with Gasteiger partial charge in [-0.25, -0.2) is 8.42 Å². The Balaban J connectivity index is 1.63. The third-order valence-corrected chi connectivity index (χ3v) is 8.27. The van der Waals surface area contributed by atoms with Crippen LogP contribution >= 0.6 is 0 Å². The van der Waals surface area contributed by atoms with Gasteiger partial charge in [0.25, 0.3) is 0 Å². The largest absolute Gasteiger partial charge is 0.340 e. The number of nitrogens with zero attached hydrogens (tertiary/aromatic N) is 4. The van der Waals surface area contributed by atoms with E-state index in [4.69, 9.17) is 4.52 Å². The van der Waals surface area contributed by atoms with Gasteiger partial charge in [-0.2, -0.15) is 9.29 Å². The van der Waals surface area contributed by atoms with Crippen molar-refractivity contribution < 1.29 is 17.7 Å². The molecule has 9 heteroatoms. The number of hydrogen-bond acceptors (Lipinski definition) is 6. The molecular weight excluding hydrogens is 440 g/mol. The molecule has 0 saturated carbocycles. The predicted molar refractivity (Wildman–Crippen MR) is 127 cm³/mol. The van der Waals surface area contributed by atoms with Crippen LogP contribution in [0.4, 0.5) is 0 Å². The van der Waals surface area contributed by atoms with E-state index in [0.717, 1.165) is 16.7 Å². The lowest BCUT2D eigenvalue weighted by molar-refractivity contribution is -0.132. The van der Waals surface area contributed by atoms with Crippen molar-refractivity contribution in [1.82, 2.24) is 19.3 Å². The summed E-state index contributed by atoms with van der Waals surface area (Å²) in [5, 5.41) is 3.92. The number of aryl methyl sites for hydroxylation is 3. The van der Waals surface area contributed by atoms with Crippen LogP contribution in [0.25, 0.3) is 0 Å². The Morgan fingerprint density at radius 2 is 1.67 bits per heavy atom. The number of amides is 1. The molecular formula is C24H36N4O4S.